The summed E-state index contributed by atoms with van der Waals surface area (Å²) in [5, 5.41) is 0. The molecule has 4 heteroatoms. The second-order valence-corrected chi connectivity index (χ2v) is 5.91. The van der Waals surface area contributed by atoms with Crippen LogP contribution in [0.25, 0.3) is 0 Å². The minimum Gasteiger partial charge on any atom is -0.212 e. The second kappa shape index (κ2) is 3.00. The molecule has 0 atom stereocenters. The first-order chi connectivity index (χ1) is 5.68. The van der Waals surface area contributed by atoms with E-state index in [1.54, 1.807) is 4.31 Å². The molecule has 70 valence electrons. The van der Waals surface area contributed by atoms with Crippen LogP contribution >= 0.6 is 0 Å². The fourth-order valence-corrected chi connectivity index (χ4v) is 3.46. The molecule has 0 radical (unpaired) electrons. The fraction of sp³-hybridized carbons (Fsp3) is 1.00. The first kappa shape index (κ1) is 8.51. The summed E-state index contributed by atoms with van der Waals surface area (Å²) >= 11 is 0. The van der Waals surface area contributed by atoms with Crippen LogP contribution < -0.4 is 0 Å². The third-order valence-corrected chi connectivity index (χ3v) is 4.81. The summed E-state index contributed by atoms with van der Waals surface area (Å²) in [7, 11) is -2.83. The normalized spacial score (nSPS) is 30.3. The van der Waals surface area contributed by atoms with Crippen molar-refractivity contribution in [3.63, 3.8) is 0 Å². The number of hydrogen-bond acceptors (Lipinski definition) is 2. The van der Waals surface area contributed by atoms with Gasteiger partial charge in [-0.05, 0) is 25.2 Å². The van der Waals surface area contributed by atoms with Gasteiger partial charge >= 0.3 is 0 Å². The van der Waals surface area contributed by atoms with Crippen LogP contribution in [0.3, 0.4) is 0 Å². The molecule has 0 aromatic carbocycles. The van der Waals surface area contributed by atoms with Gasteiger partial charge in [0.1, 0.15) is 0 Å². The SMILES string of the molecule is O=S1(=O)CCCN1CC1CCC1. The summed E-state index contributed by atoms with van der Waals surface area (Å²) in [5.41, 5.74) is 0. The summed E-state index contributed by atoms with van der Waals surface area (Å²) < 4.78 is 24.4. The van der Waals surface area contributed by atoms with Crippen molar-refractivity contribution >= 4 is 10.0 Å². The largest absolute Gasteiger partial charge is 0.214 e. The first-order valence-corrected chi connectivity index (χ1v) is 6.27. The zero-order valence-electron chi connectivity index (χ0n) is 7.20. The van der Waals surface area contributed by atoms with Crippen molar-refractivity contribution < 1.29 is 8.42 Å². The maximum atomic E-state index is 11.4. The van der Waals surface area contributed by atoms with Crippen molar-refractivity contribution in [1.82, 2.24) is 4.31 Å². The molecule has 1 saturated heterocycles. The zero-order valence-corrected chi connectivity index (χ0v) is 8.02. The molecule has 0 aromatic heterocycles. The highest BCUT2D eigenvalue weighted by atomic mass is 32.2. The topological polar surface area (TPSA) is 37.4 Å². The maximum absolute atomic E-state index is 11.4. The standard InChI is InChI=1S/C8H15NO2S/c10-12(11)6-2-5-9(12)7-8-3-1-4-8/h8H,1-7H2. The predicted molar refractivity (Wildman–Crippen MR) is 47.3 cm³/mol. The lowest BCUT2D eigenvalue weighted by atomic mass is 9.85. The highest BCUT2D eigenvalue weighted by Gasteiger charge is 2.31. The Kier molecular flexibility index (Phi) is 2.12. The summed E-state index contributed by atoms with van der Waals surface area (Å²) in [4.78, 5) is 0. The molecule has 12 heavy (non-hydrogen) atoms. The molecule has 3 nitrogen and oxygen atoms in total. The van der Waals surface area contributed by atoms with Crippen molar-refractivity contribution in [3.8, 4) is 0 Å². The van der Waals surface area contributed by atoms with Crippen LogP contribution in [-0.4, -0.2) is 31.6 Å². The Morgan fingerprint density at radius 1 is 1.25 bits per heavy atom. The molecule has 1 aliphatic carbocycles. The van der Waals surface area contributed by atoms with Crippen LogP contribution in [0.2, 0.25) is 0 Å². The lowest BCUT2D eigenvalue weighted by molar-refractivity contribution is 0.253. The third-order valence-electron chi connectivity index (χ3n) is 2.89. The van der Waals surface area contributed by atoms with Crippen LogP contribution in [0.5, 0.6) is 0 Å². The molecule has 1 aliphatic heterocycles. The zero-order chi connectivity index (χ0) is 8.60. The van der Waals surface area contributed by atoms with E-state index in [1.165, 1.54) is 19.3 Å². The number of rotatable bonds is 2. The minimum atomic E-state index is -2.83. The molecule has 0 aromatic rings. The van der Waals surface area contributed by atoms with E-state index >= 15 is 0 Å². The molecule has 0 spiro atoms. The van der Waals surface area contributed by atoms with Crippen LogP contribution in [-0.2, 0) is 10.0 Å². The van der Waals surface area contributed by atoms with Gasteiger partial charge in [-0.25, -0.2) is 12.7 Å². The molecule has 0 bridgehead atoms. The summed E-state index contributed by atoms with van der Waals surface area (Å²) in [6.07, 6.45) is 4.58. The van der Waals surface area contributed by atoms with E-state index in [4.69, 9.17) is 0 Å². The Morgan fingerprint density at radius 2 is 2.00 bits per heavy atom. The molecule has 0 N–H and O–H groups in total. The van der Waals surface area contributed by atoms with E-state index in [-0.39, 0.29) is 0 Å². The van der Waals surface area contributed by atoms with Gasteiger partial charge in [0.2, 0.25) is 10.0 Å². The smallest absolute Gasteiger partial charge is 0.212 e. The van der Waals surface area contributed by atoms with Crippen LogP contribution in [0.4, 0.5) is 0 Å². The van der Waals surface area contributed by atoms with Crippen molar-refractivity contribution in [2.75, 3.05) is 18.8 Å². The third kappa shape index (κ3) is 1.50. The first-order valence-electron chi connectivity index (χ1n) is 4.66. The van der Waals surface area contributed by atoms with Gasteiger partial charge in [0, 0.05) is 13.1 Å². The van der Waals surface area contributed by atoms with Crippen molar-refractivity contribution in [1.29, 1.82) is 0 Å². The second-order valence-electron chi connectivity index (χ2n) is 3.82. The van der Waals surface area contributed by atoms with E-state index in [9.17, 15) is 8.42 Å². The van der Waals surface area contributed by atoms with Gasteiger partial charge in [-0.1, -0.05) is 6.42 Å². The molecular weight excluding hydrogens is 174 g/mol. The average molecular weight is 189 g/mol. The highest BCUT2D eigenvalue weighted by molar-refractivity contribution is 7.89. The monoisotopic (exact) mass is 189 g/mol. The Labute approximate surface area is 73.8 Å². The molecule has 2 fully saturated rings. The van der Waals surface area contributed by atoms with E-state index < -0.39 is 10.0 Å². The highest BCUT2D eigenvalue weighted by Crippen LogP contribution is 2.29. The lowest BCUT2D eigenvalue weighted by Crippen LogP contribution is -2.33. The number of sulfonamides is 1. The number of nitrogens with zero attached hydrogens (tertiary/aromatic N) is 1. The maximum Gasteiger partial charge on any atom is 0.214 e. The van der Waals surface area contributed by atoms with E-state index in [1.807, 2.05) is 0 Å². The van der Waals surface area contributed by atoms with Gasteiger partial charge in [-0.15, -0.1) is 0 Å². The van der Waals surface area contributed by atoms with Crippen molar-refractivity contribution in [2.45, 2.75) is 25.7 Å². The Bertz CT molecular complexity index is 256. The van der Waals surface area contributed by atoms with E-state index in [0.29, 0.717) is 11.7 Å². The van der Waals surface area contributed by atoms with Gasteiger partial charge in [0.05, 0.1) is 5.75 Å². The molecule has 1 heterocycles. The molecular formula is C8H15NO2S. The molecule has 0 unspecified atom stereocenters. The summed E-state index contributed by atoms with van der Waals surface area (Å²) in [5.74, 6) is 1.04. The fourth-order valence-electron chi connectivity index (χ4n) is 1.86. The van der Waals surface area contributed by atoms with E-state index in [2.05, 4.69) is 0 Å². The summed E-state index contributed by atoms with van der Waals surface area (Å²) in [6.45, 7) is 1.56. The van der Waals surface area contributed by atoms with Crippen molar-refractivity contribution in [2.24, 2.45) is 5.92 Å². The average Bonchev–Trinajstić information content (AvgIpc) is 2.21. The molecule has 1 saturated carbocycles. The van der Waals surface area contributed by atoms with Crippen LogP contribution in [0.1, 0.15) is 25.7 Å². The van der Waals surface area contributed by atoms with Gasteiger partial charge in [0.15, 0.2) is 0 Å². The molecule has 2 rings (SSSR count). The minimum absolute atomic E-state index is 0.375. The quantitative estimate of drug-likeness (QED) is 0.645. The Balaban J connectivity index is 1.94. The molecule has 2 aliphatic rings. The van der Waals surface area contributed by atoms with E-state index in [0.717, 1.165) is 19.5 Å². The molecule has 0 amide bonds. The Hall–Kier alpha value is -0.0900. The van der Waals surface area contributed by atoms with Gasteiger partial charge < -0.3 is 0 Å². The summed E-state index contributed by atoms with van der Waals surface area (Å²) in [6, 6.07) is 0. The van der Waals surface area contributed by atoms with Crippen molar-refractivity contribution in [3.05, 3.63) is 0 Å². The predicted octanol–water partition coefficient (Wildman–Crippen LogP) is 0.822. The van der Waals surface area contributed by atoms with Gasteiger partial charge in [-0.3, -0.25) is 0 Å². The van der Waals surface area contributed by atoms with Gasteiger partial charge in [-0.2, -0.15) is 0 Å². The van der Waals surface area contributed by atoms with Crippen LogP contribution in [0.15, 0.2) is 0 Å². The van der Waals surface area contributed by atoms with Crippen LogP contribution in [0, 0.1) is 5.92 Å². The Morgan fingerprint density at radius 3 is 2.42 bits per heavy atom. The van der Waals surface area contributed by atoms with Gasteiger partial charge in [0.25, 0.3) is 0 Å². The lowest BCUT2D eigenvalue weighted by Gasteiger charge is -2.28. The number of hydrogen-bond donors (Lipinski definition) is 0.